The maximum atomic E-state index is 11.4. The molecule has 2 amide bonds. The van der Waals surface area contributed by atoms with E-state index in [2.05, 4.69) is 0 Å². The average Bonchev–Trinajstić information content (AvgIpc) is 2.78. The van der Waals surface area contributed by atoms with Crippen LogP contribution in [0.15, 0.2) is 0 Å². The third kappa shape index (κ3) is 0.813. The van der Waals surface area contributed by atoms with Crippen molar-refractivity contribution >= 4 is 11.8 Å². The van der Waals surface area contributed by atoms with Crippen LogP contribution in [-0.2, 0) is 9.59 Å². The topological polar surface area (TPSA) is 57.6 Å². The monoisotopic (exact) mass is 169 g/mol. The smallest absolute Gasteiger partial charge is 0.233 e. The third-order valence-corrected chi connectivity index (χ3v) is 2.60. The summed E-state index contributed by atoms with van der Waals surface area (Å²) in [4.78, 5) is 23.9. The molecule has 0 aromatic heterocycles. The molecule has 1 aliphatic heterocycles. The third-order valence-electron chi connectivity index (χ3n) is 2.60. The molecular formula is C8H11NO3. The second-order valence-corrected chi connectivity index (χ2v) is 3.53. The highest BCUT2D eigenvalue weighted by Crippen LogP contribution is 2.47. The van der Waals surface area contributed by atoms with Gasteiger partial charge in [-0.3, -0.25) is 14.5 Å². The molecule has 1 saturated heterocycles. The van der Waals surface area contributed by atoms with Crippen LogP contribution >= 0.6 is 0 Å². The summed E-state index contributed by atoms with van der Waals surface area (Å²) >= 11 is 0. The predicted octanol–water partition coefficient (Wildman–Crippen LogP) is -0.628. The van der Waals surface area contributed by atoms with E-state index >= 15 is 0 Å². The number of likely N-dealkylation sites (tertiary alicyclic amines) is 1. The molecule has 2 aliphatic rings. The van der Waals surface area contributed by atoms with E-state index in [-0.39, 0.29) is 36.3 Å². The first kappa shape index (κ1) is 7.73. The number of hydrogen-bond acceptors (Lipinski definition) is 3. The molecule has 2 rings (SSSR count). The fraction of sp³-hybridized carbons (Fsp3) is 0.750. The van der Waals surface area contributed by atoms with Gasteiger partial charge in [0.25, 0.3) is 0 Å². The first-order valence-corrected chi connectivity index (χ1v) is 4.14. The number of nitrogens with zero attached hydrogens (tertiary/aromatic N) is 1. The fourth-order valence-corrected chi connectivity index (χ4v) is 1.72. The quantitative estimate of drug-likeness (QED) is 0.560. The summed E-state index contributed by atoms with van der Waals surface area (Å²) in [6, 6.07) is -0.349. The fourth-order valence-electron chi connectivity index (χ4n) is 1.72. The Labute approximate surface area is 70.2 Å². The van der Waals surface area contributed by atoms with Crippen molar-refractivity contribution in [2.75, 3.05) is 6.61 Å². The van der Waals surface area contributed by atoms with Crippen LogP contribution in [0.4, 0.5) is 0 Å². The number of carbonyl (C=O) groups is 2. The highest BCUT2D eigenvalue weighted by Gasteiger charge is 2.59. The molecule has 4 heteroatoms. The summed E-state index contributed by atoms with van der Waals surface area (Å²) in [5.41, 5.74) is 0. The summed E-state index contributed by atoms with van der Waals surface area (Å²) in [5.74, 6) is -0.281. The summed E-state index contributed by atoms with van der Waals surface area (Å²) in [6.45, 7) is 1.54. The van der Waals surface area contributed by atoms with Gasteiger partial charge in [-0.15, -0.1) is 0 Å². The van der Waals surface area contributed by atoms with Gasteiger partial charge in [0.1, 0.15) is 0 Å². The molecule has 1 heterocycles. The van der Waals surface area contributed by atoms with Gasteiger partial charge in [-0.05, 0) is 13.3 Å². The van der Waals surface area contributed by atoms with Crippen molar-refractivity contribution in [2.24, 2.45) is 11.8 Å². The molecule has 1 N–H and O–H groups in total. The first-order valence-electron chi connectivity index (χ1n) is 4.14. The van der Waals surface area contributed by atoms with E-state index in [0.29, 0.717) is 0 Å². The Bertz CT molecular complexity index is 231. The maximum absolute atomic E-state index is 11.4. The highest BCUT2D eigenvalue weighted by atomic mass is 16.3. The van der Waals surface area contributed by atoms with Crippen LogP contribution in [0, 0.1) is 11.8 Å². The molecular weight excluding hydrogens is 158 g/mol. The van der Waals surface area contributed by atoms with Crippen molar-refractivity contribution in [1.29, 1.82) is 0 Å². The van der Waals surface area contributed by atoms with Gasteiger partial charge in [0.15, 0.2) is 0 Å². The molecule has 0 bridgehead atoms. The zero-order chi connectivity index (χ0) is 8.88. The van der Waals surface area contributed by atoms with Crippen molar-refractivity contribution in [1.82, 2.24) is 4.90 Å². The molecule has 1 aliphatic carbocycles. The summed E-state index contributed by atoms with van der Waals surface area (Å²) in [7, 11) is 0. The highest BCUT2D eigenvalue weighted by molar-refractivity contribution is 6.09. The summed E-state index contributed by atoms with van der Waals surface area (Å²) < 4.78 is 0. The van der Waals surface area contributed by atoms with Crippen LogP contribution in [0.1, 0.15) is 13.3 Å². The van der Waals surface area contributed by atoms with Gasteiger partial charge in [0.05, 0.1) is 24.5 Å². The van der Waals surface area contributed by atoms with Gasteiger partial charge in [-0.2, -0.15) is 0 Å². The number of piperidine rings is 1. The van der Waals surface area contributed by atoms with Gasteiger partial charge >= 0.3 is 0 Å². The zero-order valence-electron chi connectivity index (χ0n) is 6.86. The Hall–Kier alpha value is -0.900. The van der Waals surface area contributed by atoms with Crippen molar-refractivity contribution in [2.45, 2.75) is 19.4 Å². The Morgan fingerprint density at radius 3 is 2.42 bits per heavy atom. The summed E-state index contributed by atoms with van der Waals surface area (Å²) in [5, 5.41) is 8.79. The van der Waals surface area contributed by atoms with Crippen molar-refractivity contribution < 1.29 is 14.7 Å². The number of fused-ring (bicyclic) bond motifs is 1. The number of aliphatic hydroxyl groups is 1. The molecule has 12 heavy (non-hydrogen) atoms. The minimum Gasteiger partial charge on any atom is -0.394 e. The zero-order valence-corrected chi connectivity index (χ0v) is 6.86. The average molecular weight is 169 g/mol. The Morgan fingerprint density at radius 1 is 1.50 bits per heavy atom. The lowest BCUT2D eigenvalue weighted by atomic mass is 10.3. The second kappa shape index (κ2) is 2.29. The number of amides is 2. The van der Waals surface area contributed by atoms with Crippen LogP contribution in [0.5, 0.6) is 0 Å². The van der Waals surface area contributed by atoms with Crippen LogP contribution in [0.25, 0.3) is 0 Å². The van der Waals surface area contributed by atoms with E-state index in [9.17, 15) is 9.59 Å². The van der Waals surface area contributed by atoms with Crippen LogP contribution < -0.4 is 0 Å². The lowest BCUT2D eigenvalue weighted by Gasteiger charge is -2.21. The Balaban J connectivity index is 2.16. The van der Waals surface area contributed by atoms with Gasteiger partial charge in [0.2, 0.25) is 11.8 Å². The Kier molecular flexibility index (Phi) is 1.48. The number of hydrogen-bond donors (Lipinski definition) is 1. The van der Waals surface area contributed by atoms with Gasteiger partial charge in [0, 0.05) is 0 Å². The lowest BCUT2D eigenvalue weighted by molar-refractivity contribution is -0.144. The van der Waals surface area contributed by atoms with Crippen molar-refractivity contribution in [3.63, 3.8) is 0 Å². The predicted molar refractivity (Wildman–Crippen MR) is 40.0 cm³/mol. The number of imide groups is 1. The Morgan fingerprint density at radius 2 is 2.00 bits per heavy atom. The molecule has 0 radical (unpaired) electrons. The van der Waals surface area contributed by atoms with E-state index in [1.807, 2.05) is 0 Å². The largest absolute Gasteiger partial charge is 0.394 e. The summed E-state index contributed by atoms with van der Waals surface area (Å²) in [6.07, 6.45) is 0.728. The minimum atomic E-state index is -0.349. The molecule has 1 saturated carbocycles. The normalized spacial score (nSPS) is 35.3. The molecule has 0 aromatic rings. The molecule has 3 atom stereocenters. The number of rotatable bonds is 2. The van der Waals surface area contributed by atoms with E-state index in [0.717, 1.165) is 6.42 Å². The molecule has 2 unspecified atom stereocenters. The first-order chi connectivity index (χ1) is 5.66. The molecule has 0 aromatic carbocycles. The maximum Gasteiger partial charge on any atom is 0.233 e. The van der Waals surface area contributed by atoms with Gasteiger partial charge in [-0.1, -0.05) is 0 Å². The molecule has 4 nitrogen and oxygen atoms in total. The number of carbonyl (C=O) groups excluding carboxylic acids is 2. The lowest BCUT2D eigenvalue weighted by Crippen LogP contribution is -2.42. The molecule has 2 fully saturated rings. The van der Waals surface area contributed by atoms with E-state index in [4.69, 9.17) is 5.11 Å². The van der Waals surface area contributed by atoms with Crippen LogP contribution in [-0.4, -0.2) is 34.5 Å². The standard InChI is InChI=1S/C8H11NO3/c1-4(3-10)9-7(11)5-2-6(5)8(9)12/h4-6,10H,2-3H2,1H3/t4-,5?,6?/m0/s1. The van der Waals surface area contributed by atoms with Crippen molar-refractivity contribution in [3.8, 4) is 0 Å². The van der Waals surface area contributed by atoms with Crippen molar-refractivity contribution in [3.05, 3.63) is 0 Å². The van der Waals surface area contributed by atoms with Gasteiger partial charge < -0.3 is 5.11 Å². The SMILES string of the molecule is C[C@@H](CO)N1C(=O)C2CC2C1=O. The molecule has 0 spiro atoms. The number of aliphatic hydroxyl groups excluding tert-OH is 1. The van der Waals surface area contributed by atoms with Crippen LogP contribution in [0.3, 0.4) is 0 Å². The van der Waals surface area contributed by atoms with E-state index in [1.165, 1.54) is 4.90 Å². The second-order valence-electron chi connectivity index (χ2n) is 3.53. The molecule has 66 valence electrons. The minimum absolute atomic E-state index is 0.0495. The van der Waals surface area contributed by atoms with E-state index in [1.54, 1.807) is 6.92 Å². The van der Waals surface area contributed by atoms with E-state index < -0.39 is 0 Å². The van der Waals surface area contributed by atoms with Crippen LogP contribution in [0.2, 0.25) is 0 Å². The van der Waals surface area contributed by atoms with Gasteiger partial charge in [-0.25, -0.2) is 0 Å².